The molecule has 30 heavy (non-hydrogen) atoms. The van der Waals surface area contributed by atoms with Gasteiger partial charge in [0.05, 0.1) is 34.4 Å². The van der Waals surface area contributed by atoms with Crippen LogP contribution in [0, 0.1) is 91.3 Å². The maximum absolute atomic E-state index is 14.4. The van der Waals surface area contributed by atoms with E-state index < -0.39 is 61.9 Å². The zero-order valence-corrected chi connectivity index (χ0v) is 14.3. The summed E-state index contributed by atoms with van der Waals surface area (Å²) in [6.45, 7) is 0. The van der Waals surface area contributed by atoms with Crippen LogP contribution in [-0.2, 0) is 0 Å². The molecule has 0 N–H and O–H groups in total. The predicted molar refractivity (Wildman–Crippen MR) is 88.9 cm³/mol. The standard InChI is InChI=1S/C20H2F4N6/c21-17-14(8-30)18(22)20(24)16(19(17)23)13(7-29)9-1-10(3-25)15(11(2-9)4-26)12(5-27)6-28/h1-2H. The van der Waals surface area contributed by atoms with E-state index in [9.17, 15) is 33.3 Å². The first kappa shape index (κ1) is 21.1. The van der Waals surface area contributed by atoms with Gasteiger partial charge < -0.3 is 0 Å². The lowest BCUT2D eigenvalue weighted by Crippen LogP contribution is -2.22. The van der Waals surface area contributed by atoms with E-state index in [1.807, 2.05) is 0 Å². The van der Waals surface area contributed by atoms with Gasteiger partial charge in [0.1, 0.15) is 35.4 Å². The van der Waals surface area contributed by atoms with Crippen molar-refractivity contribution in [1.82, 2.24) is 0 Å². The van der Waals surface area contributed by atoms with E-state index >= 15 is 0 Å². The van der Waals surface area contributed by atoms with Crippen LogP contribution in [0.1, 0.15) is 22.3 Å². The fourth-order valence-electron chi connectivity index (χ4n) is 2.58. The monoisotopic (exact) mass is 402 g/mol. The lowest BCUT2D eigenvalue weighted by Gasteiger charge is -2.08. The van der Waals surface area contributed by atoms with Gasteiger partial charge in [-0.05, 0) is 17.4 Å². The number of nitriles is 6. The molecule has 0 fully saturated rings. The number of hydrogen-bond acceptors (Lipinski definition) is 6. The van der Waals surface area contributed by atoms with Crippen molar-refractivity contribution < 1.29 is 17.6 Å². The third-order valence-corrected chi connectivity index (χ3v) is 3.88. The molecule has 2 rings (SSSR count). The molecular weight excluding hydrogens is 400 g/mol. The molecule has 2 aromatic carbocycles. The summed E-state index contributed by atoms with van der Waals surface area (Å²) in [6, 6.07) is 10.1. The van der Waals surface area contributed by atoms with Crippen LogP contribution in [0.25, 0.3) is 11.1 Å². The zero-order valence-electron chi connectivity index (χ0n) is 14.3. The number of nitrogens with zero attached hydrogens (tertiary/aromatic N) is 6. The van der Waals surface area contributed by atoms with Gasteiger partial charge in [0.2, 0.25) is 0 Å². The Balaban J connectivity index is 3.23. The fourth-order valence-corrected chi connectivity index (χ4v) is 2.58. The van der Waals surface area contributed by atoms with Gasteiger partial charge in [-0.15, -0.1) is 0 Å². The van der Waals surface area contributed by atoms with Crippen LogP contribution in [0.4, 0.5) is 17.6 Å². The molecule has 0 aromatic heterocycles. The first-order valence-corrected chi connectivity index (χ1v) is 7.50. The van der Waals surface area contributed by atoms with E-state index in [4.69, 9.17) is 15.8 Å². The van der Waals surface area contributed by atoms with Crippen molar-refractivity contribution in [3.8, 4) is 36.4 Å². The molecule has 0 saturated heterocycles. The normalized spacial score (nSPS) is 9.13. The van der Waals surface area contributed by atoms with Gasteiger partial charge in [0.25, 0.3) is 0 Å². The Hall–Kier alpha value is -5.16. The molecular formula is C20H2F4N6. The summed E-state index contributed by atoms with van der Waals surface area (Å²) in [7, 11) is 0. The quantitative estimate of drug-likeness (QED) is 0.525. The van der Waals surface area contributed by atoms with Crippen molar-refractivity contribution in [2.45, 2.75) is 0 Å². The van der Waals surface area contributed by atoms with E-state index in [1.165, 1.54) is 18.2 Å². The van der Waals surface area contributed by atoms with Gasteiger partial charge in [-0.25, -0.2) is 17.6 Å². The van der Waals surface area contributed by atoms with Gasteiger partial charge in [0.15, 0.2) is 23.3 Å². The summed E-state index contributed by atoms with van der Waals surface area (Å²) in [5, 5.41) is 53.8. The minimum Gasteiger partial charge on any atom is -0.203 e. The predicted octanol–water partition coefficient (Wildman–Crippen LogP) is 1.78. The highest BCUT2D eigenvalue weighted by atomic mass is 19.2. The van der Waals surface area contributed by atoms with Crippen LogP contribution in [0.15, 0.2) is 12.1 Å². The molecule has 140 valence electrons. The van der Waals surface area contributed by atoms with Gasteiger partial charge in [-0.2, -0.15) is 31.6 Å². The summed E-state index contributed by atoms with van der Waals surface area (Å²) in [4.78, 5) is 0. The van der Waals surface area contributed by atoms with E-state index in [-0.39, 0.29) is 5.22 Å². The maximum atomic E-state index is 14.4. The number of benzene rings is 2. The van der Waals surface area contributed by atoms with Gasteiger partial charge >= 0.3 is 0 Å². The lowest BCUT2D eigenvalue weighted by atomic mass is 9.96. The molecule has 0 unspecified atom stereocenters. The van der Waals surface area contributed by atoms with E-state index in [2.05, 4.69) is 0 Å². The molecule has 0 heterocycles. The van der Waals surface area contributed by atoms with Gasteiger partial charge in [-0.1, -0.05) is 0 Å². The number of hydrogen-bond donors (Lipinski definition) is 0. The Bertz CT molecular complexity index is 1410. The van der Waals surface area contributed by atoms with Crippen molar-refractivity contribution in [2.24, 2.45) is 0 Å². The second-order valence-corrected chi connectivity index (χ2v) is 5.37. The molecule has 0 spiro atoms. The van der Waals surface area contributed by atoms with Crippen LogP contribution in [-0.4, -0.2) is 0 Å². The van der Waals surface area contributed by atoms with Gasteiger partial charge in [0, 0.05) is 5.22 Å². The van der Waals surface area contributed by atoms with Crippen molar-refractivity contribution >= 4 is 11.1 Å². The average molecular weight is 402 g/mol. The fraction of sp³-hybridized carbons (Fsp3) is 0. The summed E-state index contributed by atoms with van der Waals surface area (Å²) in [6.07, 6.45) is 0. The van der Waals surface area contributed by atoms with Crippen LogP contribution in [0.2, 0.25) is 0 Å². The molecule has 0 aliphatic heterocycles. The molecule has 0 aliphatic carbocycles. The number of rotatable bonds is 1. The van der Waals surface area contributed by atoms with Crippen molar-refractivity contribution in [3.63, 3.8) is 0 Å². The molecule has 6 nitrogen and oxygen atoms in total. The first-order chi connectivity index (χ1) is 14.3. The molecule has 0 radical (unpaired) electrons. The van der Waals surface area contributed by atoms with Crippen molar-refractivity contribution in [1.29, 1.82) is 31.6 Å². The topological polar surface area (TPSA) is 143 Å². The van der Waals surface area contributed by atoms with Crippen molar-refractivity contribution in [2.75, 3.05) is 0 Å². The molecule has 0 aliphatic rings. The Labute approximate surface area is 165 Å². The summed E-state index contributed by atoms with van der Waals surface area (Å²) in [5.74, 6) is -8.10. The second kappa shape index (κ2) is 8.24. The molecule has 2 aromatic rings. The second-order valence-electron chi connectivity index (χ2n) is 5.37. The Kier molecular flexibility index (Phi) is 5.81. The Morgan fingerprint density at radius 2 is 1.10 bits per heavy atom. The lowest BCUT2D eigenvalue weighted by molar-refractivity contribution is 0.447. The van der Waals surface area contributed by atoms with E-state index in [0.717, 1.165) is 18.2 Å². The summed E-state index contributed by atoms with van der Waals surface area (Å²) < 4.78 is 56.7. The number of halogens is 4. The average Bonchev–Trinajstić information content (AvgIpc) is 2.76. The minimum absolute atomic E-state index is 0.371. The molecule has 0 amide bonds. The summed E-state index contributed by atoms with van der Waals surface area (Å²) >= 11 is 0. The van der Waals surface area contributed by atoms with Crippen LogP contribution in [0.3, 0.4) is 0 Å². The van der Waals surface area contributed by atoms with E-state index in [0.29, 0.717) is 0 Å². The molecule has 0 saturated carbocycles. The van der Waals surface area contributed by atoms with Crippen LogP contribution < -0.4 is 10.4 Å². The van der Waals surface area contributed by atoms with E-state index in [1.54, 1.807) is 12.1 Å². The Morgan fingerprint density at radius 3 is 1.43 bits per heavy atom. The smallest absolute Gasteiger partial charge is 0.180 e. The van der Waals surface area contributed by atoms with Crippen LogP contribution >= 0.6 is 0 Å². The largest absolute Gasteiger partial charge is 0.203 e. The van der Waals surface area contributed by atoms with Crippen molar-refractivity contribution in [3.05, 3.63) is 68.1 Å². The highest BCUT2D eigenvalue weighted by Crippen LogP contribution is 2.27. The van der Waals surface area contributed by atoms with Gasteiger partial charge in [-0.3, -0.25) is 0 Å². The highest BCUT2D eigenvalue weighted by Gasteiger charge is 2.28. The SMILES string of the molecule is N#CC(c1c(F)c(F)c(C#N)c(F)c1F)=c1cc(C#N)c(=C(C#N)C#N)c(C#N)c1. The maximum Gasteiger partial charge on any atom is 0.180 e. The molecule has 10 heteroatoms. The zero-order chi connectivity index (χ0) is 22.6. The Morgan fingerprint density at radius 1 is 0.633 bits per heavy atom. The van der Waals surface area contributed by atoms with Crippen LogP contribution in [0.5, 0.6) is 0 Å². The summed E-state index contributed by atoms with van der Waals surface area (Å²) in [5.41, 5.74) is -5.50. The molecule has 0 atom stereocenters. The third-order valence-electron chi connectivity index (χ3n) is 3.88. The third kappa shape index (κ3) is 3.15. The highest BCUT2D eigenvalue weighted by molar-refractivity contribution is 5.79. The minimum atomic E-state index is -2.03. The molecule has 0 bridgehead atoms. The first-order valence-electron chi connectivity index (χ1n) is 7.50.